The number of aliphatic hydroxyl groups excluding tert-OH is 1. The second-order valence-electron chi connectivity index (χ2n) is 4.03. The van der Waals surface area contributed by atoms with E-state index in [2.05, 4.69) is 15.1 Å². The molecule has 0 aliphatic rings. The first-order valence-corrected chi connectivity index (χ1v) is 6.20. The molecule has 0 spiro atoms. The number of hydrogen-bond donors (Lipinski definition) is 1. The highest BCUT2D eigenvalue weighted by Gasteiger charge is 2.12. The van der Waals surface area contributed by atoms with Gasteiger partial charge >= 0.3 is 0 Å². The van der Waals surface area contributed by atoms with Crippen LogP contribution in [0.4, 0.5) is 0 Å². The standard InChI is InChI=1S/C11H16ClN5O/c1-3-17(4-5-18)7-9-14-10(12)8-6-13-16(2)11(8)15-9/h6,18H,3-5,7H2,1-2H3. The van der Waals surface area contributed by atoms with E-state index in [9.17, 15) is 0 Å². The maximum Gasteiger partial charge on any atom is 0.162 e. The van der Waals surface area contributed by atoms with Gasteiger partial charge in [0.2, 0.25) is 0 Å². The first-order valence-electron chi connectivity index (χ1n) is 5.83. The fourth-order valence-electron chi connectivity index (χ4n) is 1.79. The molecule has 1 N–H and O–H groups in total. The summed E-state index contributed by atoms with van der Waals surface area (Å²) in [5, 5.41) is 14.2. The summed E-state index contributed by atoms with van der Waals surface area (Å²) in [5.74, 6) is 0.645. The Morgan fingerprint density at radius 3 is 2.89 bits per heavy atom. The highest BCUT2D eigenvalue weighted by Crippen LogP contribution is 2.19. The zero-order chi connectivity index (χ0) is 13.1. The molecule has 2 aromatic rings. The zero-order valence-corrected chi connectivity index (χ0v) is 11.2. The molecule has 7 heteroatoms. The van der Waals surface area contributed by atoms with Crippen LogP contribution in [0.2, 0.25) is 5.15 Å². The topological polar surface area (TPSA) is 67.1 Å². The Kier molecular flexibility index (Phi) is 4.11. The summed E-state index contributed by atoms with van der Waals surface area (Å²) in [6.45, 7) is 4.14. The molecule has 0 bridgehead atoms. The van der Waals surface area contributed by atoms with Crippen molar-refractivity contribution < 1.29 is 5.11 Å². The van der Waals surface area contributed by atoms with Gasteiger partial charge in [-0.05, 0) is 6.54 Å². The summed E-state index contributed by atoms with van der Waals surface area (Å²) in [6.07, 6.45) is 1.66. The summed E-state index contributed by atoms with van der Waals surface area (Å²) in [7, 11) is 1.82. The average molecular weight is 270 g/mol. The predicted octanol–water partition coefficient (Wildman–Crippen LogP) is 0.831. The van der Waals surface area contributed by atoms with Crippen molar-refractivity contribution in [2.45, 2.75) is 13.5 Å². The molecule has 0 fully saturated rings. The number of rotatable bonds is 5. The molecule has 0 saturated heterocycles. The van der Waals surface area contributed by atoms with Crippen LogP contribution in [0.1, 0.15) is 12.7 Å². The van der Waals surface area contributed by atoms with Crippen LogP contribution >= 0.6 is 11.6 Å². The molecule has 18 heavy (non-hydrogen) atoms. The molecule has 0 aliphatic carbocycles. The lowest BCUT2D eigenvalue weighted by Gasteiger charge is -2.17. The summed E-state index contributed by atoms with van der Waals surface area (Å²) in [5.41, 5.74) is 0.727. The Balaban J connectivity index is 2.30. The van der Waals surface area contributed by atoms with Crippen molar-refractivity contribution >= 4 is 22.6 Å². The first-order chi connectivity index (χ1) is 8.65. The second-order valence-corrected chi connectivity index (χ2v) is 4.39. The van der Waals surface area contributed by atoms with Crippen LogP contribution in [-0.2, 0) is 13.6 Å². The van der Waals surface area contributed by atoms with Gasteiger partial charge in [0.1, 0.15) is 11.0 Å². The fraction of sp³-hybridized carbons (Fsp3) is 0.545. The second kappa shape index (κ2) is 5.60. The molecule has 2 aromatic heterocycles. The first kappa shape index (κ1) is 13.2. The van der Waals surface area contributed by atoms with E-state index in [1.165, 1.54) is 0 Å². The highest BCUT2D eigenvalue weighted by atomic mass is 35.5. The van der Waals surface area contributed by atoms with E-state index in [1.807, 2.05) is 18.9 Å². The Morgan fingerprint density at radius 1 is 1.44 bits per heavy atom. The molecule has 2 rings (SSSR count). The maximum atomic E-state index is 8.96. The Morgan fingerprint density at radius 2 is 2.22 bits per heavy atom. The number of nitrogens with zero attached hydrogens (tertiary/aromatic N) is 5. The van der Waals surface area contributed by atoms with E-state index < -0.39 is 0 Å². The molecule has 0 atom stereocenters. The number of fused-ring (bicyclic) bond motifs is 1. The summed E-state index contributed by atoms with van der Waals surface area (Å²) < 4.78 is 1.68. The monoisotopic (exact) mass is 269 g/mol. The molecule has 2 heterocycles. The minimum Gasteiger partial charge on any atom is -0.395 e. The number of aryl methyl sites for hydroxylation is 1. The fourth-order valence-corrected chi connectivity index (χ4v) is 2.02. The van der Waals surface area contributed by atoms with Crippen molar-refractivity contribution in [1.29, 1.82) is 0 Å². The quantitative estimate of drug-likeness (QED) is 0.815. The van der Waals surface area contributed by atoms with Crippen LogP contribution in [0.15, 0.2) is 6.20 Å². The minimum atomic E-state index is 0.121. The minimum absolute atomic E-state index is 0.121. The van der Waals surface area contributed by atoms with Crippen LogP contribution in [0.25, 0.3) is 11.0 Å². The SMILES string of the molecule is CCN(CCO)Cc1nc(Cl)c2cnn(C)c2n1. The van der Waals surface area contributed by atoms with Gasteiger partial charge in [0.15, 0.2) is 5.65 Å². The van der Waals surface area contributed by atoms with Crippen molar-refractivity contribution in [3.63, 3.8) is 0 Å². The lowest BCUT2D eigenvalue weighted by molar-refractivity contribution is 0.194. The maximum absolute atomic E-state index is 8.96. The lowest BCUT2D eigenvalue weighted by atomic mass is 10.4. The third kappa shape index (κ3) is 2.60. The van der Waals surface area contributed by atoms with Crippen molar-refractivity contribution in [1.82, 2.24) is 24.6 Å². The van der Waals surface area contributed by atoms with E-state index in [0.29, 0.717) is 24.1 Å². The molecule has 0 saturated carbocycles. The normalized spacial score (nSPS) is 11.6. The van der Waals surface area contributed by atoms with Gasteiger partial charge in [-0.15, -0.1) is 0 Å². The van der Waals surface area contributed by atoms with E-state index in [-0.39, 0.29) is 6.61 Å². The largest absolute Gasteiger partial charge is 0.395 e. The summed E-state index contributed by atoms with van der Waals surface area (Å²) in [6, 6.07) is 0. The van der Waals surface area contributed by atoms with Crippen LogP contribution in [-0.4, -0.2) is 49.5 Å². The van der Waals surface area contributed by atoms with E-state index >= 15 is 0 Å². The van der Waals surface area contributed by atoms with Gasteiger partial charge in [0.25, 0.3) is 0 Å². The van der Waals surface area contributed by atoms with E-state index in [1.54, 1.807) is 10.9 Å². The van der Waals surface area contributed by atoms with Crippen molar-refractivity contribution in [3.05, 3.63) is 17.2 Å². The molecule has 0 unspecified atom stereocenters. The van der Waals surface area contributed by atoms with Crippen molar-refractivity contribution in [3.8, 4) is 0 Å². The molecular weight excluding hydrogens is 254 g/mol. The number of hydrogen-bond acceptors (Lipinski definition) is 5. The van der Waals surface area contributed by atoms with E-state index in [0.717, 1.165) is 17.6 Å². The number of aliphatic hydroxyl groups is 1. The molecule has 0 aliphatic heterocycles. The average Bonchev–Trinajstić information content (AvgIpc) is 2.71. The van der Waals surface area contributed by atoms with Crippen LogP contribution < -0.4 is 0 Å². The third-order valence-corrected chi connectivity index (χ3v) is 3.11. The zero-order valence-electron chi connectivity index (χ0n) is 10.5. The number of halogens is 1. The molecule has 0 radical (unpaired) electrons. The Labute approximate surface area is 110 Å². The summed E-state index contributed by atoms with van der Waals surface area (Å²) >= 11 is 6.11. The van der Waals surface area contributed by atoms with Crippen LogP contribution in [0.3, 0.4) is 0 Å². The Bertz CT molecular complexity index is 541. The number of aromatic nitrogens is 4. The smallest absolute Gasteiger partial charge is 0.162 e. The molecule has 6 nitrogen and oxygen atoms in total. The van der Waals surface area contributed by atoms with Crippen LogP contribution in [0, 0.1) is 0 Å². The third-order valence-electron chi connectivity index (χ3n) is 2.82. The molecular formula is C11H16ClN5O. The van der Waals surface area contributed by atoms with Gasteiger partial charge in [-0.1, -0.05) is 18.5 Å². The summed E-state index contributed by atoms with van der Waals surface area (Å²) in [4.78, 5) is 10.8. The van der Waals surface area contributed by atoms with Crippen molar-refractivity contribution in [2.75, 3.05) is 19.7 Å². The van der Waals surface area contributed by atoms with Gasteiger partial charge in [-0.25, -0.2) is 9.97 Å². The lowest BCUT2D eigenvalue weighted by Crippen LogP contribution is -2.27. The predicted molar refractivity (Wildman–Crippen MR) is 69.4 cm³/mol. The van der Waals surface area contributed by atoms with Gasteiger partial charge in [0.05, 0.1) is 24.7 Å². The van der Waals surface area contributed by atoms with Gasteiger partial charge in [-0.3, -0.25) is 9.58 Å². The van der Waals surface area contributed by atoms with E-state index in [4.69, 9.17) is 16.7 Å². The van der Waals surface area contributed by atoms with Crippen LogP contribution in [0.5, 0.6) is 0 Å². The number of likely N-dealkylation sites (N-methyl/N-ethyl adjacent to an activating group) is 1. The Hall–Kier alpha value is -1.24. The highest BCUT2D eigenvalue weighted by molar-refractivity contribution is 6.33. The van der Waals surface area contributed by atoms with Gasteiger partial charge in [0, 0.05) is 13.6 Å². The van der Waals surface area contributed by atoms with Crippen molar-refractivity contribution in [2.24, 2.45) is 7.05 Å². The molecule has 98 valence electrons. The van der Waals surface area contributed by atoms with Gasteiger partial charge in [-0.2, -0.15) is 5.10 Å². The molecule has 0 aromatic carbocycles. The molecule has 0 amide bonds. The van der Waals surface area contributed by atoms with Gasteiger partial charge < -0.3 is 5.11 Å².